The molecular formula is C18H26O. The van der Waals surface area contributed by atoms with Gasteiger partial charge in [0.2, 0.25) is 0 Å². The first kappa shape index (κ1) is 14.3. The molecule has 1 aromatic carbocycles. The van der Waals surface area contributed by atoms with Crippen molar-refractivity contribution >= 4 is 0 Å². The first-order valence-corrected chi connectivity index (χ1v) is 7.51. The molecule has 0 saturated heterocycles. The highest BCUT2D eigenvalue weighted by Crippen LogP contribution is 2.36. The van der Waals surface area contributed by atoms with Crippen molar-refractivity contribution in [1.82, 2.24) is 0 Å². The molecule has 19 heavy (non-hydrogen) atoms. The summed E-state index contributed by atoms with van der Waals surface area (Å²) in [7, 11) is 0. The van der Waals surface area contributed by atoms with E-state index in [0.29, 0.717) is 0 Å². The van der Waals surface area contributed by atoms with Gasteiger partial charge < -0.3 is 5.11 Å². The van der Waals surface area contributed by atoms with Gasteiger partial charge >= 0.3 is 0 Å². The van der Waals surface area contributed by atoms with Gasteiger partial charge in [-0.2, -0.15) is 0 Å². The van der Waals surface area contributed by atoms with E-state index in [0.717, 1.165) is 18.4 Å². The van der Waals surface area contributed by atoms with Gasteiger partial charge in [-0.3, -0.25) is 0 Å². The predicted octanol–water partition coefficient (Wildman–Crippen LogP) is 4.79. The van der Waals surface area contributed by atoms with E-state index in [-0.39, 0.29) is 0 Å². The van der Waals surface area contributed by atoms with E-state index in [9.17, 15) is 5.11 Å². The van der Waals surface area contributed by atoms with Crippen LogP contribution < -0.4 is 0 Å². The summed E-state index contributed by atoms with van der Waals surface area (Å²) in [5.74, 6) is 0. The summed E-state index contributed by atoms with van der Waals surface area (Å²) in [6, 6.07) is 6.36. The summed E-state index contributed by atoms with van der Waals surface area (Å²) >= 11 is 0. The number of hydrogen-bond acceptors (Lipinski definition) is 1. The first-order chi connectivity index (χ1) is 9.01. The van der Waals surface area contributed by atoms with Gasteiger partial charge in [0.15, 0.2) is 0 Å². The lowest BCUT2D eigenvalue weighted by Gasteiger charge is -2.30. The Balaban J connectivity index is 2.36. The predicted molar refractivity (Wildman–Crippen MR) is 81.3 cm³/mol. The molecule has 0 heterocycles. The molecule has 2 rings (SSSR count). The highest BCUT2D eigenvalue weighted by atomic mass is 16.3. The lowest BCUT2D eigenvalue weighted by atomic mass is 9.81. The van der Waals surface area contributed by atoms with Crippen LogP contribution in [0.4, 0.5) is 0 Å². The molecule has 0 amide bonds. The molecule has 0 spiro atoms. The summed E-state index contributed by atoms with van der Waals surface area (Å²) in [6.45, 7) is 6.14. The van der Waals surface area contributed by atoms with Crippen LogP contribution in [-0.4, -0.2) is 5.11 Å². The lowest BCUT2D eigenvalue weighted by Crippen LogP contribution is -2.26. The number of aliphatic hydroxyl groups is 1. The molecule has 1 aliphatic carbocycles. The second kappa shape index (κ2) is 5.92. The van der Waals surface area contributed by atoms with E-state index in [1.54, 1.807) is 0 Å². The van der Waals surface area contributed by atoms with Crippen LogP contribution in [0.25, 0.3) is 0 Å². The summed E-state index contributed by atoms with van der Waals surface area (Å²) < 4.78 is 0. The second-order valence-electron chi connectivity index (χ2n) is 6.07. The van der Waals surface area contributed by atoms with E-state index in [1.165, 1.54) is 42.4 Å². The van der Waals surface area contributed by atoms with Crippen LogP contribution in [0.2, 0.25) is 0 Å². The maximum Gasteiger partial charge on any atom is 0.108 e. The molecule has 1 heteroatoms. The van der Waals surface area contributed by atoms with E-state index in [4.69, 9.17) is 0 Å². The maximum atomic E-state index is 11.1. The van der Waals surface area contributed by atoms with Gasteiger partial charge in [0.25, 0.3) is 0 Å². The third-order valence-corrected chi connectivity index (χ3v) is 4.33. The van der Waals surface area contributed by atoms with Crippen molar-refractivity contribution in [3.63, 3.8) is 0 Å². The van der Waals surface area contributed by atoms with Gasteiger partial charge in [0, 0.05) is 0 Å². The number of aryl methyl sites for hydroxylation is 2. The molecule has 0 bridgehead atoms. The normalized spacial score (nSPS) is 22.8. The van der Waals surface area contributed by atoms with E-state index < -0.39 is 5.60 Å². The SMILES string of the molecule is Cc1ccc(C)c(C(C)(O)/C2=C/CCCCCC2)c1. The van der Waals surface area contributed by atoms with Crippen molar-refractivity contribution in [3.05, 3.63) is 46.5 Å². The van der Waals surface area contributed by atoms with Crippen LogP contribution in [0.5, 0.6) is 0 Å². The highest BCUT2D eigenvalue weighted by molar-refractivity contribution is 5.40. The Morgan fingerprint density at radius 2 is 1.79 bits per heavy atom. The third-order valence-electron chi connectivity index (χ3n) is 4.33. The molecule has 1 N–H and O–H groups in total. The van der Waals surface area contributed by atoms with Crippen LogP contribution in [0.15, 0.2) is 29.8 Å². The van der Waals surface area contributed by atoms with Crippen LogP contribution >= 0.6 is 0 Å². The van der Waals surface area contributed by atoms with Crippen molar-refractivity contribution in [3.8, 4) is 0 Å². The van der Waals surface area contributed by atoms with Gasteiger partial charge in [-0.15, -0.1) is 0 Å². The fourth-order valence-electron chi connectivity index (χ4n) is 3.07. The zero-order valence-electron chi connectivity index (χ0n) is 12.5. The minimum Gasteiger partial charge on any atom is -0.381 e. The molecule has 0 radical (unpaired) electrons. The van der Waals surface area contributed by atoms with E-state index in [1.807, 2.05) is 6.92 Å². The lowest BCUT2D eigenvalue weighted by molar-refractivity contribution is 0.0915. The van der Waals surface area contributed by atoms with Crippen molar-refractivity contribution in [1.29, 1.82) is 0 Å². The topological polar surface area (TPSA) is 20.2 Å². The number of hydrogen-bond donors (Lipinski definition) is 1. The third kappa shape index (κ3) is 3.27. The fraction of sp³-hybridized carbons (Fsp3) is 0.556. The fourth-order valence-corrected chi connectivity index (χ4v) is 3.07. The van der Waals surface area contributed by atoms with Gasteiger partial charge in [-0.05, 0) is 63.2 Å². The van der Waals surface area contributed by atoms with Gasteiger partial charge in [0.05, 0.1) is 0 Å². The Morgan fingerprint density at radius 1 is 1.05 bits per heavy atom. The van der Waals surface area contributed by atoms with E-state index in [2.05, 4.69) is 38.1 Å². The van der Waals surface area contributed by atoms with Crippen LogP contribution in [0, 0.1) is 13.8 Å². The molecule has 0 saturated carbocycles. The average Bonchev–Trinajstić information content (AvgIpc) is 2.31. The highest BCUT2D eigenvalue weighted by Gasteiger charge is 2.29. The quantitative estimate of drug-likeness (QED) is 0.756. The van der Waals surface area contributed by atoms with Crippen molar-refractivity contribution in [2.24, 2.45) is 0 Å². The monoisotopic (exact) mass is 258 g/mol. The largest absolute Gasteiger partial charge is 0.381 e. The Kier molecular flexibility index (Phi) is 4.46. The Hall–Kier alpha value is -1.08. The molecule has 1 atom stereocenters. The van der Waals surface area contributed by atoms with Crippen molar-refractivity contribution in [2.45, 2.75) is 64.9 Å². The van der Waals surface area contributed by atoms with Crippen LogP contribution in [0.3, 0.4) is 0 Å². The summed E-state index contributed by atoms with van der Waals surface area (Å²) in [4.78, 5) is 0. The van der Waals surface area contributed by atoms with Gasteiger partial charge in [-0.1, -0.05) is 42.7 Å². The average molecular weight is 258 g/mol. The Bertz CT molecular complexity index is 469. The summed E-state index contributed by atoms with van der Waals surface area (Å²) in [6.07, 6.45) is 9.49. The molecule has 1 unspecified atom stereocenters. The van der Waals surface area contributed by atoms with Crippen LogP contribution in [-0.2, 0) is 5.60 Å². The van der Waals surface area contributed by atoms with Crippen LogP contribution in [0.1, 0.15) is 62.1 Å². The van der Waals surface area contributed by atoms with Crippen molar-refractivity contribution < 1.29 is 5.11 Å². The molecule has 104 valence electrons. The minimum absolute atomic E-state index is 0.812. The summed E-state index contributed by atoms with van der Waals surface area (Å²) in [5.41, 5.74) is 3.86. The van der Waals surface area contributed by atoms with Gasteiger partial charge in [-0.25, -0.2) is 0 Å². The molecular weight excluding hydrogens is 232 g/mol. The van der Waals surface area contributed by atoms with E-state index >= 15 is 0 Å². The summed E-state index contributed by atoms with van der Waals surface area (Å²) in [5, 5.41) is 11.1. The van der Waals surface area contributed by atoms with Gasteiger partial charge in [0.1, 0.15) is 5.60 Å². The second-order valence-corrected chi connectivity index (χ2v) is 6.07. The molecule has 0 aliphatic heterocycles. The zero-order chi connectivity index (χ0) is 13.9. The number of allylic oxidation sites excluding steroid dienone is 1. The molecule has 0 fully saturated rings. The zero-order valence-corrected chi connectivity index (χ0v) is 12.5. The Labute approximate surface area is 117 Å². The Morgan fingerprint density at radius 3 is 2.58 bits per heavy atom. The first-order valence-electron chi connectivity index (χ1n) is 7.51. The maximum absolute atomic E-state index is 11.1. The minimum atomic E-state index is -0.812. The standard InChI is InChI=1S/C18H26O/c1-14-11-12-15(2)17(13-14)18(3,19)16-9-7-5-4-6-8-10-16/h9,11-13,19H,4-8,10H2,1-3H3/b16-9+. The molecule has 1 aromatic rings. The smallest absolute Gasteiger partial charge is 0.108 e. The molecule has 1 nitrogen and oxygen atoms in total. The van der Waals surface area contributed by atoms with Crippen molar-refractivity contribution in [2.75, 3.05) is 0 Å². The number of rotatable bonds is 2. The number of benzene rings is 1. The molecule has 0 aromatic heterocycles. The molecule has 1 aliphatic rings.